The summed E-state index contributed by atoms with van der Waals surface area (Å²) in [5, 5.41) is 9.03. The van der Waals surface area contributed by atoms with Gasteiger partial charge in [-0.2, -0.15) is 10.2 Å². The molecule has 0 saturated carbocycles. The minimum Gasteiger partial charge on any atom is -0.383 e. The minimum absolute atomic E-state index is 0.146. The number of nitrogens with zero attached hydrogens (tertiary/aromatic N) is 3. The van der Waals surface area contributed by atoms with E-state index in [1.54, 1.807) is 0 Å². The lowest BCUT2D eigenvalue weighted by atomic mass is 10.1. The molecular formula is C10H13N5O2. The van der Waals surface area contributed by atoms with Crippen LogP contribution in [0.2, 0.25) is 0 Å². The Morgan fingerprint density at radius 1 is 1.71 bits per heavy atom. The van der Waals surface area contributed by atoms with E-state index in [1.807, 2.05) is 0 Å². The Bertz CT molecular complexity index is 506. The molecule has 7 nitrogen and oxygen atoms in total. The van der Waals surface area contributed by atoms with Gasteiger partial charge in [0.2, 0.25) is 0 Å². The average molecular weight is 235 g/mol. The summed E-state index contributed by atoms with van der Waals surface area (Å²) in [7, 11) is 0. The number of hydrogen-bond donors (Lipinski definition) is 2. The molecule has 1 unspecified atom stereocenters. The highest BCUT2D eigenvalue weighted by atomic mass is 16.5. The fraction of sp³-hybridized carbons (Fsp3) is 0.500. The van der Waals surface area contributed by atoms with Gasteiger partial charge in [-0.15, -0.1) is 0 Å². The third kappa shape index (κ3) is 2.13. The molecule has 1 aliphatic heterocycles. The number of nitrogens with two attached hydrogens (primary N) is 2. The van der Waals surface area contributed by atoms with Crippen molar-refractivity contribution in [2.24, 2.45) is 11.7 Å². The van der Waals surface area contributed by atoms with E-state index in [1.165, 1.54) is 16.8 Å². The zero-order valence-corrected chi connectivity index (χ0v) is 9.11. The molecule has 1 aromatic heterocycles. The zero-order valence-electron chi connectivity index (χ0n) is 9.11. The molecule has 2 rings (SSSR count). The van der Waals surface area contributed by atoms with Gasteiger partial charge in [0.05, 0.1) is 18.1 Å². The summed E-state index contributed by atoms with van der Waals surface area (Å²) in [4.78, 5) is 15.2. The number of aromatic nitrogens is 2. The summed E-state index contributed by atoms with van der Waals surface area (Å²) in [6.45, 7) is 0.325. The van der Waals surface area contributed by atoms with E-state index in [0.717, 1.165) is 0 Å². The fourth-order valence-electron chi connectivity index (χ4n) is 1.89. The van der Waals surface area contributed by atoms with Gasteiger partial charge in [0, 0.05) is 12.7 Å². The highest BCUT2D eigenvalue weighted by molar-refractivity contribution is 5.23. The van der Waals surface area contributed by atoms with Crippen LogP contribution in [0.1, 0.15) is 12.6 Å². The summed E-state index contributed by atoms with van der Waals surface area (Å²) in [6, 6.07) is 3.61. The van der Waals surface area contributed by atoms with Crippen LogP contribution in [0.4, 0.5) is 5.82 Å². The molecule has 1 saturated heterocycles. The monoisotopic (exact) mass is 235 g/mol. The van der Waals surface area contributed by atoms with Crippen molar-refractivity contribution in [1.29, 1.82) is 5.26 Å². The smallest absolute Gasteiger partial charge is 0.351 e. The number of anilines is 1. The number of hydrogen-bond acceptors (Lipinski definition) is 6. The van der Waals surface area contributed by atoms with Crippen molar-refractivity contribution < 1.29 is 4.74 Å². The van der Waals surface area contributed by atoms with Gasteiger partial charge in [-0.05, 0) is 12.5 Å². The molecule has 17 heavy (non-hydrogen) atoms. The first-order chi connectivity index (χ1) is 8.15. The summed E-state index contributed by atoms with van der Waals surface area (Å²) < 4.78 is 6.83. The van der Waals surface area contributed by atoms with Gasteiger partial charge in [-0.1, -0.05) is 0 Å². The van der Waals surface area contributed by atoms with Gasteiger partial charge in [0.25, 0.3) is 0 Å². The molecule has 0 bridgehead atoms. The van der Waals surface area contributed by atoms with Gasteiger partial charge < -0.3 is 16.2 Å². The van der Waals surface area contributed by atoms with Gasteiger partial charge in [0.1, 0.15) is 5.82 Å². The SMILES string of the molecule is N#CC1C[C@@H](CN)O[C@H]1n1ccc(N)nc1=O. The van der Waals surface area contributed by atoms with Gasteiger partial charge in [-0.25, -0.2) is 4.79 Å². The second-order valence-electron chi connectivity index (χ2n) is 3.90. The normalized spacial score (nSPS) is 27.9. The lowest BCUT2D eigenvalue weighted by Crippen LogP contribution is -2.30. The molecule has 4 N–H and O–H groups in total. The van der Waals surface area contributed by atoms with E-state index in [9.17, 15) is 4.79 Å². The Labute approximate surface area is 97.6 Å². The molecule has 0 spiro atoms. The molecule has 3 atom stereocenters. The molecule has 1 aliphatic rings. The molecule has 1 aromatic rings. The Kier molecular flexibility index (Phi) is 3.08. The molecular weight excluding hydrogens is 222 g/mol. The van der Waals surface area contributed by atoms with Crippen molar-refractivity contribution in [2.75, 3.05) is 12.3 Å². The highest BCUT2D eigenvalue weighted by Gasteiger charge is 2.36. The third-order valence-corrected chi connectivity index (χ3v) is 2.75. The third-order valence-electron chi connectivity index (χ3n) is 2.75. The predicted octanol–water partition coefficient (Wildman–Crippen LogP) is -0.789. The van der Waals surface area contributed by atoms with Crippen LogP contribution >= 0.6 is 0 Å². The number of rotatable bonds is 2. The second-order valence-corrected chi connectivity index (χ2v) is 3.90. The molecule has 0 radical (unpaired) electrons. The highest BCUT2D eigenvalue weighted by Crippen LogP contribution is 2.32. The van der Waals surface area contributed by atoms with E-state index >= 15 is 0 Å². The summed E-state index contributed by atoms with van der Waals surface area (Å²) in [5.74, 6) is -0.250. The number of ether oxygens (including phenoxy) is 1. The predicted molar refractivity (Wildman–Crippen MR) is 59.6 cm³/mol. The van der Waals surface area contributed by atoms with Gasteiger partial charge in [0.15, 0.2) is 6.23 Å². The molecule has 0 aliphatic carbocycles. The van der Waals surface area contributed by atoms with E-state index < -0.39 is 17.8 Å². The quantitative estimate of drug-likeness (QED) is 0.693. The van der Waals surface area contributed by atoms with Crippen LogP contribution in [0.15, 0.2) is 17.1 Å². The van der Waals surface area contributed by atoms with Crippen LogP contribution in [-0.2, 0) is 4.74 Å². The Morgan fingerprint density at radius 3 is 3.06 bits per heavy atom. The number of nitriles is 1. The van der Waals surface area contributed by atoms with Gasteiger partial charge >= 0.3 is 5.69 Å². The Morgan fingerprint density at radius 2 is 2.47 bits per heavy atom. The summed E-state index contributed by atoms with van der Waals surface area (Å²) >= 11 is 0. The molecule has 90 valence electrons. The van der Waals surface area contributed by atoms with Crippen molar-refractivity contribution >= 4 is 5.82 Å². The first kappa shape index (κ1) is 11.6. The van der Waals surface area contributed by atoms with Crippen LogP contribution in [0, 0.1) is 17.2 Å². The molecule has 1 fully saturated rings. The molecule has 0 aromatic carbocycles. The lowest BCUT2D eigenvalue weighted by molar-refractivity contribution is -0.00472. The van der Waals surface area contributed by atoms with E-state index in [2.05, 4.69) is 11.1 Å². The fourth-order valence-corrected chi connectivity index (χ4v) is 1.89. The minimum atomic E-state index is -0.630. The van der Waals surface area contributed by atoms with Crippen molar-refractivity contribution in [3.05, 3.63) is 22.7 Å². The molecule has 0 amide bonds. The standard InChI is InChI=1S/C10H13N5O2/c11-4-6-3-7(5-12)17-9(6)15-2-1-8(13)14-10(15)16/h1-2,6-7,9H,3,5,12H2,(H2,13,14,16)/t6?,7-,9+/m0/s1. The maximum Gasteiger partial charge on any atom is 0.351 e. The zero-order chi connectivity index (χ0) is 12.4. The van der Waals surface area contributed by atoms with E-state index in [-0.39, 0.29) is 11.9 Å². The van der Waals surface area contributed by atoms with Crippen molar-refractivity contribution in [3.8, 4) is 6.07 Å². The lowest BCUT2D eigenvalue weighted by Gasteiger charge is -2.16. The summed E-state index contributed by atoms with van der Waals surface area (Å²) in [6.07, 6.45) is 1.18. The van der Waals surface area contributed by atoms with Crippen LogP contribution in [0.3, 0.4) is 0 Å². The number of nitrogen functional groups attached to an aromatic ring is 1. The Hall–Kier alpha value is -1.91. The molecule has 7 heteroatoms. The van der Waals surface area contributed by atoms with Gasteiger partial charge in [-0.3, -0.25) is 4.57 Å². The van der Waals surface area contributed by atoms with Crippen molar-refractivity contribution in [1.82, 2.24) is 9.55 Å². The van der Waals surface area contributed by atoms with Crippen LogP contribution < -0.4 is 17.2 Å². The second kappa shape index (κ2) is 4.53. The summed E-state index contributed by atoms with van der Waals surface area (Å²) in [5.41, 5.74) is 10.4. The topological polar surface area (TPSA) is 120 Å². The van der Waals surface area contributed by atoms with Crippen LogP contribution in [-0.4, -0.2) is 22.2 Å². The largest absolute Gasteiger partial charge is 0.383 e. The van der Waals surface area contributed by atoms with Crippen molar-refractivity contribution in [3.63, 3.8) is 0 Å². The maximum absolute atomic E-state index is 11.6. The Balaban J connectivity index is 2.33. The first-order valence-corrected chi connectivity index (χ1v) is 5.25. The van der Waals surface area contributed by atoms with Crippen LogP contribution in [0.5, 0.6) is 0 Å². The van der Waals surface area contributed by atoms with E-state index in [4.69, 9.17) is 21.5 Å². The maximum atomic E-state index is 11.6. The molecule has 2 heterocycles. The van der Waals surface area contributed by atoms with Crippen LogP contribution in [0.25, 0.3) is 0 Å². The first-order valence-electron chi connectivity index (χ1n) is 5.25. The van der Waals surface area contributed by atoms with E-state index in [0.29, 0.717) is 13.0 Å². The average Bonchev–Trinajstić information content (AvgIpc) is 2.72. The van der Waals surface area contributed by atoms with Crippen molar-refractivity contribution in [2.45, 2.75) is 18.8 Å².